The number of rotatable bonds is 4. The molecule has 1 spiro atoms. The van der Waals surface area contributed by atoms with Crippen LogP contribution in [0.1, 0.15) is 21.5 Å². The average molecular weight is 555 g/mol. The van der Waals surface area contributed by atoms with Gasteiger partial charge >= 0.3 is 5.97 Å². The summed E-state index contributed by atoms with van der Waals surface area (Å²) in [6, 6.07) is 18.6. The summed E-state index contributed by atoms with van der Waals surface area (Å²) in [5.41, 5.74) is 1.63. The maximum absolute atomic E-state index is 14.3. The van der Waals surface area contributed by atoms with E-state index in [2.05, 4.69) is 15.6 Å². The van der Waals surface area contributed by atoms with Gasteiger partial charge in [-0.05, 0) is 48.4 Å². The summed E-state index contributed by atoms with van der Waals surface area (Å²) in [7, 11) is 1.24. The highest BCUT2D eigenvalue weighted by molar-refractivity contribution is 6.31. The van der Waals surface area contributed by atoms with E-state index in [4.69, 9.17) is 16.3 Å². The van der Waals surface area contributed by atoms with Gasteiger partial charge in [0.15, 0.2) is 0 Å². The molecule has 2 fully saturated rings. The first kappa shape index (κ1) is 24.6. The van der Waals surface area contributed by atoms with Gasteiger partial charge in [0.25, 0.3) is 0 Å². The Kier molecular flexibility index (Phi) is 5.39. The van der Waals surface area contributed by atoms with E-state index in [0.717, 1.165) is 21.4 Å². The molecule has 10 heteroatoms. The first-order chi connectivity index (χ1) is 19.3. The van der Waals surface area contributed by atoms with Crippen LogP contribution in [0.2, 0.25) is 5.02 Å². The number of halogens is 1. The van der Waals surface area contributed by atoms with E-state index in [0.29, 0.717) is 22.7 Å². The summed E-state index contributed by atoms with van der Waals surface area (Å²) in [4.78, 5) is 59.3. The first-order valence-corrected chi connectivity index (χ1v) is 13.2. The molecule has 3 aliphatic rings. The molecule has 0 radical (unpaired) electrons. The van der Waals surface area contributed by atoms with Gasteiger partial charge in [0.05, 0.1) is 30.2 Å². The van der Waals surface area contributed by atoms with E-state index in [9.17, 15) is 19.2 Å². The van der Waals surface area contributed by atoms with E-state index in [-0.39, 0.29) is 11.3 Å². The minimum absolute atomic E-state index is 0.0844. The summed E-state index contributed by atoms with van der Waals surface area (Å²) in [5, 5.41) is 7.72. The number of hydrogen-bond donors (Lipinski definition) is 3. The lowest BCUT2D eigenvalue weighted by Crippen LogP contribution is -2.53. The molecule has 4 heterocycles. The second-order valence-corrected chi connectivity index (χ2v) is 10.7. The lowest BCUT2D eigenvalue weighted by atomic mass is 9.76. The van der Waals surface area contributed by atoms with Crippen LogP contribution < -0.4 is 15.5 Å². The minimum atomic E-state index is -1.52. The number of imide groups is 1. The monoisotopic (exact) mass is 554 g/mol. The molecule has 3 amide bonds. The number of anilines is 2. The third kappa shape index (κ3) is 3.25. The summed E-state index contributed by atoms with van der Waals surface area (Å²) in [5.74, 6) is -4.10. The summed E-state index contributed by atoms with van der Waals surface area (Å²) < 4.78 is 4.92. The summed E-state index contributed by atoms with van der Waals surface area (Å²) >= 11 is 6.37. The van der Waals surface area contributed by atoms with E-state index in [1.807, 2.05) is 30.5 Å². The number of nitrogens with one attached hydrogen (secondary N) is 3. The molecule has 1 aromatic heterocycles. The first-order valence-electron chi connectivity index (χ1n) is 12.8. The van der Waals surface area contributed by atoms with E-state index >= 15 is 0 Å². The zero-order valence-corrected chi connectivity index (χ0v) is 22.0. The lowest BCUT2D eigenvalue weighted by molar-refractivity contribution is -0.130. The Bertz CT molecular complexity index is 1770. The average Bonchev–Trinajstić information content (AvgIpc) is 3.67. The highest BCUT2D eigenvalue weighted by atomic mass is 35.5. The number of fused-ring (bicyclic) bond motifs is 5. The molecule has 3 aliphatic heterocycles. The van der Waals surface area contributed by atoms with Gasteiger partial charge in [0.2, 0.25) is 17.7 Å². The smallest absolute Gasteiger partial charge is 0.339 e. The van der Waals surface area contributed by atoms with Crippen LogP contribution >= 0.6 is 11.6 Å². The number of carbonyl (C=O) groups is 4. The topological polar surface area (TPSA) is 121 Å². The number of para-hydroxylation sites is 2. The number of esters is 1. The number of hydrogen-bond acceptors (Lipinski definition) is 6. The number of amides is 3. The van der Waals surface area contributed by atoms with Gasteiger partial charge in [0.1, 0.15) is 5.54 Å². The molecular weight excluding hydrogens is 532 g/mol. The normalized spacial score (nSPS) is 25.0. The van der Waals surface area contributed by atoms with Crippen LogP contribution in [0.15, 0.2) is 72.9 Å². The lowest BCUT2D eigenvalue weighted by Gasteiger charge is -2.30. The van der Waals surface area contributed by atoms with E-state index in [1.54, 1.807) is 30.3 Å². The van der Waals surface area contributed by atoms with Gasteiger partial charge in [-0.3, -0.25) is 19.7 Å². The van der Waals surface area contributed by atoms with Gasteiger partial charge in [-0.25, -0.2) is 9.69 Å². The van der Waals surface area contributed by atoms with Crippen molar-refractivity contribution in [2.24, 2.45) is 11.8 Å². The summed E-state index contributed by atoms with van der Waals surface area (Å²) in [6.45, 7) is 0. The van der Waals surface area contributed by atoms with Crippen molar-refractivity contribution in [3.8, 4) is 0 Å². The second kappa shape index (κ2) is 8.77. The zero-order chi connectivity index (χ0) is 27.8. The van der Waals surface area contributed by atoms with E-state index in [1.165, 1.54) is 19.2 Å². The molecule has 4 atom stereocenters. The van der Waals surface area contributed by atoms with E-state index < -0.39 is 47.1 Å². The highest BCUT2D eigenvalue weighted by Crippen LogP contribution is 2.54. The number of carbonyl (C=O) groups excluding carboxylic acids is 4. The van der Waals surface area contributed by atoms with Gasteiger partial charge in [0, 0.05) is 39.4 Å². The van der Waals surface area contributed by atoms with Crippen LogP contribution in [0.5, 0.6) is 0 Å². The quantitative estimate of drug-likeness (QED) is 0.261. The molecule has 9 nitrogen and oxygen atoms in total. The van der Waals surface area contributed by atoms with Crippen molar-refractivity contribution in [2.45, 2.75) is 18.0 Å². The van der Waals surface area contributed by atoms with Crippen LogP contribution in [0, 0.1) is 11.8 Å². The van der Waals surface area contributed by atoms with Crippen molar-refractivity contribution < 1.29 is 23.9 Å². The summed E-state index contributed by atoms with van der Waals surface area (Å²) in [6.07, 6.45) is 2.26. The second-order valence-electron chi connectivity index (χ2n) is 10.3. The molecule has 200 valence electrons. The largest absolute Gasteiger partial charge is 0.465 e. The van der Waals surface area contributed by atoms with Crippen LogP contribution in [0.25, 0.3) is 10.9 Å². The van der Waals surface area contributed by atoms with Gasteiger partial charge < -0.3 is 15.0 Å². The Morgan fingerprint density at radius 2 is 1.80 bits per heavy atom. The van der Waals surface area contributed by atoms with Crippen molar-refractivity contribution in [2.75, 3.05) is 17.3 Å². The molecule has 0 aliphatic carbocycles. The third-order valence-corrected chi connectivity index (χ3v) is 8.58. The molecule has 40 heavy (non-hydrogen) atoms. The van der Waals surface area contributed by atoms with Crippen molar-refractivity contribution in [1.29, 1.82) is 0 Å². The fourth-order valence-electron chi connectivity index (χ4n) is 6.67. The zero-order valence-electron chi connectivity index (χ0n) is 21.2. The van der Waals surface area contributed by atoms with Crippen LogP contribution in [-0.4, -0.2) is 41.8 Å². The number of ether oxygens (including phenoxy) is 1. The van der Waals surface area contributed by atoms with Crippen LogP contribution in [-0.2, 0) is 31.1 Å². The SMILES string of the molecule is COC(=O)c1ccccc1N1C(=O)[C@@H]2[C@H](Cc3c[nH]c4ccccc34)N[C@]3(C(=O)Nc4ccc(Cl)cc43)[C@@H]2C1=O. The van der Waals surface area contributed by atoms with Gasteiger partial charge in [-0.2, -0.15) is 0 Å². The molecular formula is C30H23ClN4O5. The molecule has 4 aromatic rings. The number of benzene rings is 3. The standard InChI is InChI=1S/C30H23ClN4O5/c1-40-28(38)18-7-3-5-9-23(18)35-26(36)24-22(12-15-14-32-20-8-4-2-6-17(15)20)34-30(25(24)27(35)37)19-13-16(31)10-11-21(19)33-29(30)39/h2-11,13-14,22,24-25,32,34H,12H2,1H3,(H,33,39)/t22-,24+,25-,30-/m0/s1. The maximum atomic E-state index is 14.3. The Hall–Kier alpha value is -4.47. The molecule has 3 aromatic carbocycles. The van der Waals surface area contributed by atoms with Crippen LogP contribution in [0.3, 0.4) is 0 Å². The van der Waals surface area contributed by atoms with Gasteiger partial charge in [-0.1, -0.05) is 41.9 Å². The molecule has 7 rings (SSSR count). The number of aromatic amines is 1. The number of methoxy groups -OCH3 is 1. The number of aromatic nitrogens is 1. The molecule has 3 N–H and O–H groups in total. The number of H-pyrrole nitrogens is 1. The highest BCUT2D eigenvalue weighted by Gasteiger charge is 2.70. The predicted octanol–water partition coefficient (Wildman–Crippen LogP) is 3.78. The van der Waals surface area contributed by atoms with Gasteiger partial charge in [-0.15, -0.1) is 0 Å². The Balaban J connectivity index is 1.40. The van der Waals surface area contributed by atoms with Crippen molar-refractivity contribution in [1.82, 2.24) is 10.3 Å². The minimum Gasteiger partial charge on any atom is -0.465 e. The van der Waals surface area contributed by atoms with Crippen molar-refractivity contribution >= 4 is 57.6 Å². The molecule has 0 saturated carbocycles. The predicted molar refractivity (Wildman–Crippen MR) is 148 cm³/mol. The third-order valence-electron chi connectivity index (χ3n) is 8.34. The maximum Gasteiger partial charge on any atom is 0.339 e. The van der Waals surface area contributed by atoms with Crippen molar-refractivity contribution in [3.05, 3.63) is 94.6 Å². The van der Waals surface area contributed by atoms with Crippen molar-refractivity contribution in [3.63, 3.8) is 0 Å². The molecule has 0 bridgehead atoms. The fourth-order valence-corrected chi connectivity index (χ4v) is 6.85. The Labute approximate surface area is 233 Å². The van der Waals surface area contributed by atoms with Crippen LogP contribution in [0.4, 0.5) is 11.4 Å². The fraction of sp³-hybridized carbons (Fsp3) is 0.200. The Morgan fingerprint density at radius 3 is 2.62 bits per heavy atom. The molecule has 0 unspecified atom stereocenters. The Morgan fingerprint density at radius 1 is 1.02 bits per heavy atom. The molecule has 2 saturated heterocycles. The number of nitrogens with zero attached hydrogens (tertiary/aromatic N) is 1.